The minimum Gasteiger partial charge on any atom is -0.394 e. The van der Waals surface area contributed by atoms with Crippen molar-refractivity contribution in [1.29, 1.82) is 0 Å². The molecule has 5 N–H and O–H groups in total. The second-order valence-corrected chi connectivity index (χ2v) is 32.3. The van der Waals surface area contributed by atoms with Gasteiger partial charge in [-0.05, 0) is 82.6 Å². The molecule has 20 atom stereocenters. The summed E-state index contributed by atoms with van der Waals surface area (Å²) < 4.78 is 172. The number of rotatable bonds is 16. The van der Waals surface area contributed by atoms with Crippen LogP contribution < -0.4 is 0 Å². The summed E-state index contributed by atoms with van der Waals surface area (Å²) in [7, 11) is -15.3. The van der Waals surface area contributed by atoms with Crippen LogP contribution in [0, 0.1) is 33.6 Å². The van der Waals surface area contributed by atoms with Gasteiger partial charge in [-0.1, -0.05) is 125 Å². The first-order valence-corrected chi connectivity index (χ1v) is 38.6. The Bertz CT molecular complexity index is 3450. The lowest BCUT2D eigenvalue weighted by atomic mass is 10.0. The molecule has 4 aromatic rings. The number of ether oxygens (including phenoxy) is 10. The molecule has 544 valence electrons. The number of aliphatic hydroxyl groups excluding tert-OH is 5. The third-order valence-electron chi connectivity index (χ3n) is 17.2. The van der Waals surface area contributed by atoms with Gasteiger partial charge in [-0.2, -0.15) is 33.7 Å². The van der Waals surface area contributed by atoms with E-state index in [4.69, 9.17) is 74.3 Å². The summed E-state index contributed by atoms with van der Waals surface area (Å²) >= 11 is 3.45. The first-order chi connectivity index (χ1) is 46.6. The van der Waals surface area contributed by atoms with E-state index in [9.17, 15) is 49.0 Å². The van der Waals surface area contributed by atoms with Crippen molar-refractivity contribution in [2.75, 3.05) is 72.7 Å². The van der Waals surface area contributed by atoms with Crippen LogP contribution in [0.4, 0.5) is 0 Å². The van der Waals surface area contributed by atoms with Crippen molar-refractivity contribution in [2.24, 2.45) is 5.92 Å². The molecule has 0 aromatic heterocycles. The Balaban J connectivity index is 0.000000140. The topological polar surface area (TPSA) is 367 Å². The normalized spacial score (nSPS) is 32.5. The molecule has 10 aliphatic rings. The van der Waals surface area contributed by atoms with E-state index in [0.29, 0.717) is 26.4 Å². The molecule has 10 heterocycles. The highest BCUT2D eigenvalue weighted by Crippen LogP contribution is 2.37. The quantitative estimate of drug-likeness (QED) is 0.0608. The van der Waals surface area contributed by atoms with Crippen molar-refractivity contribution in [2.45, 2.75) is 182 Å². The van der Waals surface area contributed by atoms with Crippen LogP contribution in [-0.2, 0) is 105 Å². The molecular formula is C66H87BrO27S4. The molecule has 14 rings (SSSR count). The average molecular weight is 1520 g/mol. The zero-order valence-corrected chi connectivity index (χ0v) is 59.7. The summed E-state index contributed by atoms with van der Waals surface area (Å²) in [5, 5.41) is 46.3. The third kappa shape index (κ3) is 20.2. The van der Waals surface area contributed by atoms with Crippen LogP contribution in [0.5, 0.6) is 0 Å². The molecule has 4 aromatic carbocycles. The summed E-state index contributed by atoms with van der Waals surface area (Å²) in [6, 6.07) is 25.9. The molecule has 10 aliphatic heterocycles. The van der Waals surface area contributed by atoms with Gasteiger partial charge >= 0.3 is 0 Å². The molecule has 8 saturated heterocycles. The van der Waals surface area contributed by atoms with Crippen molar-refractivity contribution in [1.82, 2.24) is 0 Å². The Hall–Kier alpha value is -4.12. The van der Waals surface area contributed by atoms with Gasteiger partial charge in [-0.3, -0.25) is 16.7 Å². The molecule has 0 saturated carbocycles. The van der Waals surface area contributed by atoms with Crippen LogP contribution in [0.1, 0.15) is 42.5 Å². The molecule has 27 nitrogen and oxygen atoms in total. The van der Waals surface area contributed by atoms with E-state index in [2.05, 4.69) is 15.9 Å². The number of aryl methyl sites for hydroxylation is 4. The Morgan fingerprint density at radius 2 is 0.745 bits per heavy atom. The zero-order chi connectivity index (χ0) is 70.7. The molecule has 98 heavy (non-hydrogen) atoms. The molecule has 0 bridgehead atoms. The number of aliphatic hydroxyl groups is 5. The van der Waals surface area contributed by atoms with Gasteiger partial charge < -0.3 is 72.9 Å². The Labute approximate surface area is 580 Å². The Morgan fingerprint density at radius 3 is 1.13 bits per heavy atom. The fourth-order valence-electron chi connectivity index (χ4n) is 11.6. The highest BCUT2D eigenvalue weighted by atomic mass is 79.9. The number of alkyl halides is 1. The van der Waals surface area contributed by atoms with Crippen LogP contribution in [0.25, 0.3) is 0 Å². The maximum absolute atomic E-state index is 12.2. The van der Waals surface area contributed by atoms with E-state index in [-0.39, 0.29) is 119 Å². The molecule has 0 aliphatic carbocycles. The van der Waals surface area contributed by atoms with E-state index in [0.717, 1.165) is 28.7 Å². The van der Waals surface area contributed by atoms with E-state index < -0.39 is 108 Å². The van der Waals surface area contributed by atoms with Crippen molar-refractivity contribution in [3.05, 3.63) is 144 Å². The summed E-state index contributed by atoms with van der Waals surface area (Å²) in [6.07, 6.45) is 0.0604. The monoisotopic (exact) mass is 1520 g/mol. The smallest absolute Gasteiger partial charge is 0.297 e. The minimum absolute atomic E-state index is 0.0463. The van der Waals surface area contributed by atoms with Crippen LogP contribution in [0.15, 0.2) is 141 Å². The second-order valence-electron chi connectivity index (χ2n) is 24.8. The summed E-state index contributed by atoms with van der Waals surface area (Å²) in [5.74, 6) is 0.274. The number of benzene rings is 4. The summed E-state index contributed by atoms with van der Waals surface area (Å²) in [6.45, 7) is 14.5. The maximum Gasteiger partial charge on any atom is 0.297 e. The van der Waals surface area contributed by atoms with Crippen molar-refractivity contribution < 1.29 is 123 Å². The molecular weight excluding hydrogens is 1430 g/mol. The predicted octanol–water partition coefficient (Wildman–Crippen LogP) is 3.59. The molecule has 0 spiro atoms. The van der Waals surface area contributed by atoms with Gasteiger partial charge in [0.25, 0.3) is 40.5 Å². The maximum atomic E-state index is 12.2. The fraction of sp³-hybridized carbons (Fsp3) is 0.576. The minimum atomic E-state index is -3.90. The number of fused-ring (bicyclic) bond motifs is 4. The van der Waals surface area contributed by atoms with Gasteiger partial charge in [0.15, 0.2) is 0 Å². The number of halogens is 1. The number of hydrogen-bond acceptors (Lipinski definition) is 27. The molecule has 0 unspecified atom stereocenters. The second kappa shape index (κ2) is 34.9. The van der Waals surface area contributed by atoms with E-state index in [1.807, 2.05) is 53.7 Å². The predicted molar refractivity (Wildman–Crippen MR) is 352 cm³/mol. The van der Waals surface area contributed by atoms with Gasteiger partial charge in [0, 0.05) is 5.92 Å². The molecule has 32 heteroatoms. The van der Waals surface area contributed by atoms with Gasteiger partial charge in [0.05, 0.1) is 109 Å². The Morgan fingerprint density at radius 1 is 0.429 bits per heavy atom. The highest BCUT2D eigenvalue weighted by Gasteiger charge is 2.52. The summed E-state index contributed by atoms with van der Waals surface area (Å²) in [5.41, 5.74) is 3.92. The van der Waals surface area contributed by atoms with Crippen LogP contribution >= 0.6 is 15.9 Å². The van der Waals surface area contributed by atoms with E-state index in [1.165, 1.54) is 24.3 Å². The van der Waals surface area contributed by atoms with Gasteiger partial charge in [0.1, 0.15) is 97.7 Å². The van der Waals surface area contributed by atoms with Crippen molar-refractivity contribution in [3.63, 3.8) is 0 Å². The fourth-order valence-corrected chi connectivity index (χ4v) is 16.5. The van der Waals surface area contributed by atoms with Gasteiger partial charge in [-0.15, -0.1) is 0 Å². The molecule has 0 radical (unpaired) electrons. The lowest BCUT2D eigenvalue weighted by Crippen LogP contribution is -2.34. The standard InChI is InChI=1S/C14H18O5S.C13H15BrO5S.C13H16O6S.C13H16O5S.C7H12O2.C6H10O4/c1-9-3-5-11(6-4-9)20(15,16)19-12-8-18-13-10(2)7-17-14(12)13;2*1-8-2-4-9(5-3-8)20(15,16)19-11-7-18-12-10(14)6-17-13(11)12;1-10-4-6-11(7-5-10)19(15,16)18-13(9-14)12-3-2-8-17-12;1-2-6(8)7-4-3-5-9-7;7-3-1-9-6-4(8)2-10-5(3)6/h3-6,10,12-14H,7-8H2,1-2H3;2-5,10-13H,6-7H2,1H3;2-5,10-14H,6-7H2,1H3;2-7,12-14H,8-9H2,1H3;3-4,6-8H,2,5H2,1H3;3-8H,1-2H2/t10-,12-,13-,14-;10-,11+,12+,13+;10-,11-,12-,13-;12-,13+;6-,7-;3-,4-,5-,6-/m101001/s1. The first kappa shape index (κ1) is 78.0. The van der Waals surface area contributed by atoms with E-state index in [1.54, 1.807) is 84.9 Å². The van der Waals surface area contributed by atoms with Crippen molar-refractivity contribution >= 4 is 56.4 Å². The van der Waals surface area contributed by atoms with Gasteiger partial charge in [-0.25, -0.2) is 0 Å². The molecule has 8 fully saturated rings. The largest absolute Gasteiger partial charge is 0.394 e. The SMILES string of the molecule is CC[C@H](O)[C@@H]1C=CCO1.Cc1ccc(S(=O)(=O)O[C@@H]2CO[C@H]3[C@@H]2OC[C@@H]3Br)cc1.Cc1ccc(S(=O)(=O)O[C@@H]2CO[C@H]3[C@@H]2OC[C@H]3C)cc1.Cc1ccc(S(=O)(=O)O[C@@H]2CO[C@H]3[C@@H]2OC[C@H]3O)cc1.Cc1ccc(S(=O)(=O)O[C@H](CO)[C@@H]2C=CCO2)cc1.O[C@@H]1CO[C@H]2[C@@H]1OC[C@H]2O. The summed E-state index contributed by atoms with van der Waals surface area (Å²) in [4.78, 5) is 0.573. The van der Waals surface area contributed by atoms with E-state index >= 15 is 0 Å². The lowest BCUT2D eigenvalue weighted by Gasteiger charge is -2.20. The Kier molecular flexibility index (Phi) is 27.8. The zero-order valence-electron chi connectivity index (χ0n) is 54.8. The lowest BCUT2D eigenvalue weighted by molar-refractivity contribution is 0.00185. The van der Waals surface area contributed by atoms with Crippen LogP contribution in [-0.4, -0.2) is 247 Å². The van der Waals surface area contributed by atoms with Crippen molar-refractivity contribution in [3.8, 4) is 0 Å². The third-order valence-corrected chi connectivity index (χ3v) is 23.4. The highest BCUT2D eigenvalue weighted by molar-refractivity contribution is 9.09. The first-order valence-electron chi connectivity index (χ1n) is 32.0. The molecule has 0 amide bonds. The average Bonchev–Trinajstić information content (AvgIpc) is 1.36. The number of hydrogen-bond donors (Lipinski definition) is 5. The van der Waals surface area contributed by atoms with Crippen LogP contribution in [0.3, 0.4) is 0 Å². The van der Waals surface area contributed by atoms with Gasteiger partial charge in [0.2, 0.25) is 0 Å². The van der Waals surface area contributed by atoms with Crippen LogP contribution in [0.2, 0.25) is 0 Å².